The Morgan fingerprint density at radius 2 is 1.52 bits per heavy atom. The second-order valence-corrected chi connectivity index (χ2v) is 6.97. The molecule has 2 heteroatoms. The number of rotatable bonds is 13. The van der Waals surface area contributed by atoms with Gasteiger partial charge in [0.1, 0.15) is 0 Å². The van der Waals surface area contributed by atoms with Crippen LogP contribution in [0.1, 0.15) is 65.2 Å². The van der Waals surface area contributed by atoms with Crippen molar-refractivity contribution in [2.75, 3.05) is 12.3 Å². The fraction of sp³-hybridized carbons (Fsp3) is 0.684. The monoisotopic (exact) mass is 307 g/mol. The molecular formula is C19H33NS. The number of nitrogens with one attached hydrogen (secondary N) is 1. The van der Waals surface area contributed by atoms with Crippen LogP contribution in [0.5, 0.6) is 0 Å². The summed E-state index contributed by atoms with van der Waals surface area (Å²) in [4.78, 5) is 1.38. The molecule has 0 aliphatic rings. The summed E-state index contributed by atoms with van der Waals surface area (Å²) in [5.74, 6) is 1.17. The first-order valence-corrected chi connectivity index (χ1v) is 9.76. The Morgan fingerprint density at radius 3 is 2.10 bits per heavy atom. The highest BCUT2D eigenvalue weighted by molar-refractivity contribution is 7.99. The zero-order valence-corrected chi connectivity index (χ0v) is 14.8. The summed E-state index contributed by atoms with van der Waals surface area (Å²) >= 11 is 1.96. The zero-order valence-electron chi connectivity index (χ0n) is 13.9. The van der Waals surface area contributed by atoms with E-state index >= 15 is 0 Å². The molecule has 0 atom stereocenters. The second-order valence-electron chi connectivity index (χ2n) is 5.80. The molecule has 1 aromatic rings. The SMILES string of the molecule is CCCCCC(CCCCC)NCCSc1ccccc1. The van der Waals surface area contributed by atoms with E-state index in [9.17, 15) is 0 Å². The second kappa shape index (κ2) is 13.2. The third kappa shape index (κ3) is 9.97. The fourth-order valence-corrected chi connectivity index (χ4v) is 3.38. The van der Waals surface area contributed by atoms with Crippen LogP contribution in [-0.2, 0) is 0 Å². The molecule has 0 radical (unpaired) electrons. The third-order valence-corrected chi connectivity index (χ3v) is 4.87. The minimum absolute atomic E-state index is 0.736. The molecule has 1 N–H and O–H groups in total. The maximum atomic E-state index is 3.79. The van der Waals surface area contributed by atoms with E-state index in [0.29, 0.717) is 0 Å². The van der Waals surface area contributed by atoms with Crippen LogP contribution >= 0.6 is 11.8 Å². The molecule has 0 amide bonds. The average Bonchev–Trinajstić information content (AvgIpc) is 2.52. The molecule has 0 unspecified atom stereocenters. The standard InChI is InChI=1S/C19H33NS/c1-3-5-8-12-18(13-9-6-4-2)20-16-17-21-19-14-10-7-11-15-19/h7,10-11,14-15,18,20H,3-6,8-9,12-13,16-17H2,1-2H3. The molecule has 0 saturated carbocycles. The molecule has 0 aromatic heterocycles. The van der Waals surface area contributed by atoms with Crippen LogP contribution in [0.25, 0.3) is 0 Å². The normalized spacial score (nSPS) is 11.2. The van der Waals surface area contributed by atoms with E-state index in [-0.39, 0.29) is 0 Å². The Kier molecular flexibility index (Phi) is 11.7. The lowest BCUT2D eigenvalue weighted by Gasteiger charge is -2.18. The molecule has 0 fully saturated rings. The topological polar surface area (TPSA) is 12.0 Å². The fourth-order valence-electron chi connectivity index (χ4n) is 2.58. The molecule has 0 bridgehead atoms. The summed E-state index contributed by atoms with van der Waals surface area (Å²) in [6.07, 6.45) is 10.9. The Labute approximate surface area is 136 Å². The first-order chi connectivity index (χ1) is 10.4. The Balaban J connectivity index is 2.17. The summed E-state index contributed by atoms with van der Waals surface area (Å²) in [6.45, 7) is 5.70. The maximum Gasteiger partial charge on any atom is 0.0106 e. The molecular weight excluding hydrogens is 274 g/mol. The van der Waals surface area contributed by atoms with Gasteiger partial charge >= 0.3 is 0 Å². The molecule has 1 aromatic carbocycles. The van der Waals surface area contributed by atoms with Gasteiger partial charge in [0.25, 0.3) is 0 Å². The average molecular weight is 308 g/mol. The van der Waals surface area contributed by atoms with Crippen molar-refractivity contribution in [2.24, 2.45) is 0 Å². The van der Waals surface area contributed by atoms with Crippen LogP contribution in [-0.4, -0.2) is 18.3 Å². The van der Waals surface area contributed by atoms with Gasteiger partial charge in [0.05, 0.1) is 0 Å². The van der Waals surface area contributed by atoms with Crippen molar-refractivity contribution < 1.29 is 0 Å². The highest BCUT2D eigenvalue weighted by atomic mass is 32.2. The Hall–Kier alpha value is -0.470. The van der Waals surface area contributed by atoms with Crippen molar-refractivity contribution in [3.05, 3.63) is 30.3 Å². The highest BCUT2D eigenvalue weighted by Gasteiger charge is 2.07. The first kappa shape index (κ1) is 18.6. The Bertz CT molecular complexity index is 316. The molecule has 0 aliphatic carbocycles. The van der Waals surface area contributed by atoms with Gasteiger partial charge in [0.2, 0.25) is 0 Å². The number of thioether (sulfide) groups is 1. The number of unbranched alkanes of at least 4 members (excludes halogenated alkanes) is 4. The first-order valence-electron chi connectivity index (χ1n) is 8.78. The molecule has 0 aliphatic heterocycles. The lowest BCUT2D eigenvalue weighted by molar-refractivity contribution is 0.428. The van der Waals surface area contributed by atoms with E-state index in [1.54, 1.807) is 0 Å². The van der Waals surface area contributed by atoms with Gasteiger partial charge < -0.3 is 5.32 Å². The molecule has 0 spiro atoms. The maximum absolute atomic E-state index is 3.79. The van der Waals surface area contributed by atoms with Crippen LogP contribution in [0, 0.1) is 0 Å². The number of hydrogen-bond donors (Lipinski definition) is 1. The molecule has 1 nitrogen and oxygen atoms in total. The van der Waals surface area contributed by atoms with Gasteiger partial charge in [-0.1, -0.05) is 70.6 Å². The van der Waals surface area contributed by atoms with Gasteiger partial charge in [-0.05, 0) is 25.0 Å². The van der Waals surface area contributed by atoms with Crippen molar-refractivity contribution >= 4 is 11.8 Å². The summed E-state index contributed by atoms with van der Waals surface area (Å²) < 4.78 is 0. The van der Waals surface area contributed by atoms with Crippen LogP contribution in [0.3, 0.4) is 0 Å². The van der Waals surface area contributed by atoms with Gasteiger partial charge in [-0.15, -0.1) is 11.8 Å². The van der Waals surface area contributed by atoms with E-state index in [0.717, 1.165) is 12.6 Å². The quantitative estimate of drug-likeness (QED) is 0.360. The predicted octanol–water partition coefficient (Wildman–Crippen LogP) is 5.90. The molecule has 0 saturated heterocycles. The molecule has 120 valence electrons. The zero-order chi connectivity index (χ0) is 15.2. The van der Waals surface area contributed by atoms with Crippen molar-refractivity contribution in [3.63, 3.8) is 0 Å². The van der Waals surface area contributed by atoms with E-state index in [2.05, 4.69) is 49.5 Å². The summed E-state index contributed by atoms with van der Waals surface area (Å²) in [5.41, 5.74) is 0. The molecule has 1 rings (SSSR count). The predicted molar refractivity (Wildman–Crippen MR) is 97.2 cm³/mol. The van der Waals surface area contributed by atoms with E-state index < -0.39 is 0 Å². The third-order valence-electron chi connectivity index (χ3n) is 3.86. The van der Waals surface area contributed by atoms with Crippen LogP contribution < -0.4 is 5.32 Å². The lowest BCUT2D eigenvalue weighted by Crippen LogP contribution is -2.31. The van der Waals surface area contributed by atoms with Crippen molar-refractivity contribution in [1.82, 2.24) is 5.32 Å². The highest BCUT2D eigenvalue weighted by Crippen LogP contribution is 2.16. The summed E-state index contributed by atoms with van der Waals surface area (Å²) in [7, 11) is 0. The van der Waals surface area contributed by atoms with Crippen molar-refractivity contribution in [1.29, 1.82) is 0 Å². The van der Waals surface area contributed by atoms with Crippen LogP contribution in [0.4, 0.5) is 0 Å². The van der Waals surface area contributed by atoms with Crippen molar-refractivity contribution in [2.45, 2.75) is 76.2 Å². The molecule has 21 heavy (non-hydrogen) atoms. The van der Waals surface area contributed by atoms with Gasteiger partial charge in [-0.25, -0.2) is 0 Å². The van der Waals surface area contributed by atoms with Crippen molar-refractivity contribution in [3.8, 4) is 0 Å². The van der Waals surface area contributed by atoms with Gasteiger partial charge in [-0.3, -0.25) is 0 Å². The van der Waals surface area contributed by atoms with E-state index in [1.165, 1.54) is 62.0 Å². The van der Waals surface area contributed by atoms with Gasteiger partial charge in [-0.2, -0.15) is 0 Å². The van der Waals surface area contributed by atoms with Crippen LogP contribution in [0.15, 0.2) is 35.2 Å². The number of hydrogen-bond acceptors (Lipinski definition) is 2. The Morgan fingerprint density at radius 1 is 0.905 bits per heavy atom. The minimum atomic E-state index is 0.736. The van der Waals surface area contributed by atoms with E-state index in [4.69, 9.17) is 0 Å². The van der Waals surface area contributed by atoms with Gasteiger partial charge in [0.15, 0.2) is 0 Å². The van der Waals surface area contributed by atoms with E-state index in [1.807, 2.05) is 11.8 Å². The summed E-state index contributed by atoms with van der Waals surface area (Å²) in [6, 6.07) is 11.5. The summed E-state index contributed by atoms with van der Waals surface area (Å²) in [5, 5.41) is 3.79. The van der Waals surface area contributed by atoms with Crippen LogP contribution in [0.2, 0.25) is 0 Å². The minimum Gasteiger partial charge on any atom is -0.313 e. The van der Waals surface area contributed by atoms with Gasteiger partial charge in [0, 0.05) is 23.2 Å². The smallest absolute Gasteiger partial charge is 0.0106 e. The largest absolute Gasteiger partial charge is 0.313 e. The number of benzene rings is 1. The molecule has 0 heterocycles. The lowest BCUT2D eigenvalue weighted by atomic mass is 10.0.